The first-order chi connectivity index (χ1) is 5.39. The second-order valence-corrected chi connectivity index (χ2v) is 2.79. The van der Waals surface area contributed by atoms with Crippen LogP contribution >= 0.6 is 0 Å². The van der Waals surface area contributed by atoms with Crippen LogP contribution in [0.1, 0.15) is 19.8 Å². The fraction of sp³-hybridized carbons (Fsp3) is 0.714. The zero-order valence-corrected chi connectivity index (χ0v) is 6.77. The normalized spacial score (nSPS) is 14.3. The summed E-state index contributed by atoms with van der Waals surface area (Å²) in [6.45, 7) is 1.69. The fourth-order valence-corrected chi connectivity index (χ4v) is 0.617. The molecule has 5 heteroatoms. The average Bonchev–Trinajstić information content (AvgIpc) is 2.00. The van der Waals surface area contributed by atoms with Crippen LogP contribution in [0.5, 0.6) is 0 Å². The molecule has 5 nitrogen and oxygen atoms in total. The van der Waals surface area contributed by atoms with Crippen molar-refractivity contribution in [3.05, 3.63) is 6.61 Å². The topological polar surface area (TPSA) is 98.0 Å². The third kappa shape index (κ3) is 4.27. The van der Waals surface area contributed by atoms with Crippen LogP contribution < -0.4 is 0 Å². The lowest BCUT2D eigenvalue weighted by Gasteiger charge is -2.18. The van der Waals surface area contributed by atoms with Crippen molar-refractivity contribution in [2.75, 3.05) is 0 Å². The molecule has 0 saturated carbocycles. The van der Waals surface area contributed by atoms with E-state index in [4.69, 9.17) is 20.4 Å². The van der Waals surface area contributed by atoms with Crippen LogP contribution in [0.4, 0.5) is 0 Å². The van der Waals surface area contributed by atoms with Gasteiger partial charge in [-0.3, -0.25) is 4.79 Å². The average molecular weight is 177 g/mol. The lowest BCUT2D eigenvalue weighted by Crippen LogP contribution is -2.29. The van der Waals surface area contributed by atoms with Gasteiger partial charge in [-0.1, -0.05) is 6.92 Å². The Labute approximate surface area is 70.3 Å². The zero-order valence-electron chi connectivity index (χ0n) is 6.77. The van der Waals surface area contributed by atoms with Gasteiger partial charge in [0.2, 0.25) is 0 Å². The Bertz CT molecular complexity index is 154. The first kappa shape index (κ1) is 11.4. The van der Waals surface area contributed by atoms with Crippen molar-refractivity contribution in [1.29, 1.82) is 0 Å². The molecule has 71 valence electrons. The molecule has 0 aromatic heterocycles. The number of carboxylic acids is 1. The van der Waals surface area contributed by atoms with Gasteiger partial charge < -0.3 is 20.4 Å². The Kier molecular flexibility index (Phi) is 4.16. The number of carboxylic acid groups (broad SMARTS) is 1. The highest BCUT2D eigenvalue weighted by atomic mass is 16.5. The maximum absolute atomic E-state index is 10.3. The maximum atomic E-state index is 10.3. The second-order valence-electron chi connectivity index (χ2n) is 2.79. The standard InChI is InChI=1S/C7H13O5/c1-5(6(9)10)2-3-7(11,12)4-8/h4-5,8,11-12H,2-3H2,1H3,(H,9,10). The van der Waals surface area contributed by atoms with E-state index in [1.54, 1.807) is 0 Å². The molecule has 0 aliphatic carbocycles. The molecule has 0 fully saturated rings. The summed E-state index contributed by atoms with van der Waals surface area (Å²) in [6.07, 6.45) is -0.101. The Balaban J connectivity index is 3.75. The lowest BCUT2D eigenvalue weighted by molar-refractivity contribution is -0.166. The van der Waals surface area contributed by atoms with Crippen LogP contribution in [0.25, 0.3) is 0 Å². The third-order valence-electron chi connectivity index (χ3n) is 1.57. The van der Waals surface area contributed by atoms with Gasteiger partial charge in [0.05, 0.1) is 5.92 Å². The van der Waals surface area contributed by atoms with Gasteiger partial charge in [-0.05, 0) is 6.42 Å². The molecule has 0 rings (SSSR count). The van der Waals surface area contributed by atoms with E-state index in [0.29, 0.717) is 0 Å². The fourth-order valence-electron chi connectivity index (χ4n) is 0.617. The van der Waals surface area contributed by atoms with E-state index in [9.17, 15) is 4.79 Å². The van der Waals surface area contributed by atoms with Crippen molar-refractivity contribution in [1.82, 2.24) is 0 Å². The molecule has 0 aromatic carbocycles. The highest BCUT2D eigenvalue weighted by Gasteiger charge is 2.24. The smallest absolute Gasteiger partial charge is 0.306 e. The molecule has 0 saturated heterocycles. The molecule has 1 radical (unpaired) electrons. The second kappa shape index (κ2) is 4.39. The van der Waals surface area contributed by atoms with Gasteiger partial charge in [0.15, 0.2) is 5.79 Å². The number of carbonyl (C=O) groups is 1. The molecule has 0 aliphatic heterocycles. The van der Waals surface area contributed by atoms with Gasteiger partial charge in [0.1, 0.15) is 6.61 Å². The molecular formula is C7H13O5. The Morgan fingerprint density at radius 3 is 2.42 bits per heavy atom. The van der Waals surface area contributed by atoms with E-state index in [-0.39, 0.29) is 19.4 Å². The van der Waals surface area contributed by atoms with Crippen LogP contribution in [-0.4, -0.2) is 32.2 Å². The van der Waals surface area contributed by atoms with Gasteiger partial charge in [0, 0.05) is 6.42 Å². The van der Waals surface area contributed by atoms with Crippen molar-refractivity contribution in [2.45, 2.75) is 25.6 Å². The minimum absolute atomic E-state index is 0.0966. The van der Waals surface area contributed by atoms with E-state index in [1.165, 1.54) is 6.92 Å². The maximum Gasteiger partial charge on any atom is 0.306 e. The summed E-state index contributed by atoms with van der Waals surface area (Å²) in [5, 5.41) is 34.3. The Morgan fingerprint density at radius 1 is 1.58 bits per heavy atom. The van der Waals surface area contributed by atoms with E-state index < -0.39 is 17.7 Å². The predicted molar refractivity (Wildman–Crippen MR) is 39.4 cm³/mol. The minimum Gasteiger partial charge on any atom is -0.481 e. The largest absolute Gasteiger partial charge is 0.481 e. The molecule has 12 heavy (non-hydrogen) atoms. The Morgan fingerprint density at radius 2 is 2.08 bits per heavy atom. The van der Waals surface area contributed by atoms with E-state index in [0.717, 1.165) is 0 Å². The molecule has 0 spiro atoms. The molecule has 0 aromatic rings. The quantitative estimate of drug-likeness (QED) is 0.432. The molecular weight excluding hydrogens is 164 g/mol. The summed E-state index contributed by atoms with van der Waals surface area (Å²) in [5.41, 5.74) is 0. The molecule has 0 aliphatic rings. The van der Waals surface area contributed by atoms with Crippen LogP contribution in [0.15, 0.2) is 0 Å². The lowest BCUT2D eigenvalue weighted by atomic mass is 10.0. The molecule has 1 atom stereocenters. The molecule has 0 amide bonds. The van der Waals surface area contributed by atoms with Crippen molar-refractivity contribution >= 4 is 5.97 Å². The zero-order chi connectivity index (χ0) is 9.78. The first-order valence-corrected chi connectivity index (χ1v) is 3.55. The number of aliphatic carboxylic acids is 1. The van der Waals surface area contributed by atoms with E-state index >= 15 is 0 Å². The summed E-state index contributed by atoms with van der Waals surface area (Å²) in [7, 11) is 0. The van der Waals surface area contributed by atoms with Crippen LogP contribution in [0, 0.1) is 12.5 Å². The Hall–Kier alpha value is -0.650. The van der Waals surface area contributed by atoms with Gasteiger partial charge >= 0.3 is 5.97 Å². The van der Waals surface area contributed by atoms with Crippen molar-refractivity contribution in [3.8, 4) is 0 Å². The van der Waals surface area contributed by atoms with Crippen molar-refractivity contribution in [3.63, 3.8) is 0 Å². The van der Waals surface area contributed by atoms with Gasteiger partial charge in [-0.15, -0.1) is 0 Å². The highest BCUT2D eigenvalue weighted by molar-refractivity contribution is 5.69. The number of aliphatic hydroxyl groups excluding tert-OH is 1. The molecule has 0 heterocycles. The van der Waals surface area contributed by atoms with Crippen LogP contribution in [0.2, 0.25) is 0 Å². The predicted octanol–water partition coefficient (Wildman–Crippen LogP) is -0.298. The number of hydrogen-bond acceptors (Lipinski definition) is 4. The van der Waals surface area contributed by atoms with E-state index in [1.807, 2.05) is 0 Å². The monoisotopic (exact) mass is 177 g/mol. The van der Waals surface area contributed by atoms with Crippen LogP contribution in [-0.2, 0) is 4.79 Å². The molecule has 1 unspecified atom stereocenters. The van der Waals surface area contributed by atoms with Crippen LogP contribution in [0.3, 0.4) is 0 Å². The summed E-state index contributed by atoms with van der Waals surface area (Å²) >= 11 is 0. The summed E-state index contributed by atoms with van der Waals surface area (Å²) < 4.78 is 0. The molecule has 0 bridgehead atoms. The number of aliphatic hydroxyl groups is 3. The summed E-state index contributed by atoms with van der Waals surface area (Å²) in [4.78, 5) is 10.3. The van der Waals surface area contributed by atoms with E-state index in [2.05, 4.69) is 0 Å². The third-order valence-corrected chi connectivity index (χ3v) is 1.57. The minimum atomic E-state index is -2.27. The van der Waals surface area contributed by atoms with Gasteiger partial charge in [-0.25, -0.2) is 0 Å². The number of rotatable bonds is 5. The first-order valence-electron chi connectivity index (χ1n) is 3.55. The molecule has 4 N–H and O–H groups in total. The van der Waals surface area contributed by atoms with Gasteiger partial charge in [-0.2, -0.15) is 0 Å². The van der Waals surface area contributed by atoms with Gasteiger partial charge in [0.25, 0.3) is 0 Å². The summed E-state index contributed by atoms with van der Waals surface area (Å²) in [5.74, 6) is -3.92. The highest BCUT2D eigenvalue weighted by Crippen LogP contribution is 2.15. The van der Waals surface area contributed by atoms with Crippen molar-refractivity contribution < 1.29 is 25.2 Å². The number of hydrogen-bond donors (Lipinski definition) is 4. The van der Waals surface area contributed by atoms with Crippen molar-refractivity contribution in [2.24, 2.45) is 5.92 Å². The summed E-state index contributed by atoms with van der Waals surface area (Å²) in [6, 6.07) is 0. The SMILES string of the molecule is CC(CCC(O)(O)[CH]O)C(=O)O.